The van der Waals surface area contributed by atoms with Crippen molar-refractivity contribution in [1.29, 1.82) is 0 Å². The minimum atomic E-state index is -1.07. The topological polar surface area (TPSA) is 203 Å². The fraction of sp³-hybridized carbons (Fsp3) is 0.560. The molecule has 17 heteroatoms. The molecule has 3 amide bonds. The average molecular weight is 625 g/mol. The monoisotopic (exact) mass is 624 g/mol. The molecule has 0 bridgehead atoms. The van der Waals surface area contributed by atoms with Gasteiger partial charge in [-0.25, -0.2) is 14.6 Å². The Kier molecular flexibility index (Phi) is 9.60. The molecule has 4 N–H and O–H groups in total. The second-order valence-electron chi connectivity index (χ2n) is 10.7. The van der Waals surface area contributed by atoms with Crippen LogP contribution in [0.3, 0.4) is 0 Å². The predicted molar refractivity (Wildman–Crippen MR) is 150 cm³/mol. The number of nitrogens with zero attached hydrogens (tertiary/aromatic N) is 4. The highest BCUT2D eigenvalue weighted by Gasteiger charge is 2.55. The number of anilines is 1. The summed E-state index contributed by atoms with van der Waals surface area (Å²) in [6.45, 7) is 5.10. The van der Waals surface area contributed by atoms with E-state index in [-0.39, 0.29) is 28.9 Å². The number of piperidine rings is 1. The van der Waals surface area contributed by atoms with Gasteiger partial charge in [0.1, 0.15) is 29.4 Å². The van der Waals surface area contributed by atoms with Crippen LogP contribution in [0.4, 0.5) is 9.93 Å². The lowest BCUT2D eigenvalue weighted by molar-refractivity contribution is -0.173. The molecule has 2 saturated heterocycles. The number of nitrogens with two attached hydrogens (primary N) is 1. The van der Waals surface area contributed by atoms with Crippen molar-refractivity contribution >= 4 is 63.8 Å². The molecule has 1 aromatic heterocycles. The Morgan fingerprint density at radius 2 is 1.88 bits per heavy atom. The lowest BCUT2D eigenvalue weighted by atomic mass is 9.98. The van der Waals surface area contributed by atoms with Crippen LogP contribution in [-0.4, -0.2) is 99.2 Å². The van der Waals surface area contributed by atoms with Crippen LogP contribution in [0.25, 0.3) is 0 Å². The van der Waals surface area contributed by atoms with E-state index in [1.807, 2.05) is 0 Å². The number of hydrogen-bond donors (Lipinski definition) is 3. The summed E-state index contributed by atoms with van der Waals surface area (Å²) in [5.74, 6) is -2.90. The van der Waals surface area contributed by atoms with Gasteiger partial charge >= 0.3 is 18.0 Å². The number of ether oxygens (including phenoxy) is 3. The molecule has 42 heavy (non-hydrogen) atoms. The standard InChI is InChI=1S/C25H32N6O9S2/c1-25(2,3)22(35)40-12-39-21(34)17-13(9-38-24(36)30-7-5-4-6-8-30)10-41-20-16(19(33)31(17)20)28-18(32)15(29-37)14-11-42-23(26)27-14/h11,16,20,37H,4-10,12H2,1-3H3,(H2,26,27)(H,28,32)/b29-15-. The molecule has 0 radical (unpaired) electrons. The molecule has 4 heterocycles. The molecule has 3 aliphatic rings. The molecule has 228 valence electrons. The van der Waals surface area contributed by atoms with E-state index in [0.29, 0.717) is 18.7 Å². The van der Waals surface area contributed by atoms with Crippen molar-refractivity contribution in [3.63, 3.8) is 0 Å². The van der Waals surface area contributed by atoms with E-state index in [1.54, 1.807) is 25.7 Å². The van der Waals surface area contributed by atoms with Crippen LogP contribution in [0.15, 0.2) is 21.8 Å². The molecule has 1 aromatic rings. The number of thioether (sulfide) groups is 1. The highest BCUT2D eigenvalue weighted by atomic mass is 32.2. The van der Waals surface area contributed by atoms with Crippen molar-refractivity contribution < 1.29 is 43.4 Å². The molecule has 2 atom stereocenters. The SMILES string of the molecule is CC(C)(C)C(=O)OCOC(=O)C1=C(COC(=O)N2CCCCC2)CSC2C(NC(=O)/C(=N\O)c3csc(N)n3)C(=O)N12. The highest BCUT2D eigenvalue weighted by Crippen LogP contribution is 2.41. The molecule has 3 aliphatic heterocycles. The summed E-state index contributed by atoms with van der Waals surface area (Å²) in [5.41, 5.74) is 4.53. The van der Waals surface area contributed by atoms with Gasteiger partial charge in [0.2, 0.25) is 6.79 Å². The van der Waals surface area contributed by atoms with Crippen molar-refractivity contribution in [3.8, 4) is 0 Å². The number of nitrogen functional groups attached to an aromatic ring is 1. The largest absolute Gasteiger partial charge is 0.445 e. The number of β-lactam (4-membered cyclic amide) rings is 1. The number of carbonyl (C=O) groups excluding carboxylic acids is 5. The average Bonchev–Trinajstić information content (AvgIpc) is 3.39. The van der Waals surface area contributed by atoms with Crippen molar-refractivity contribution in [2.45, 2.75) is 51.4 Å². The zero-order chi connectivity index (χ0) is 30.6. The number of hydrogen-bond acceptors (Lipinski definition) is 14. The second-order valence-corrected chi connectivity index (χ2v) is 12.7. The lowest BCUT2D eigenvalue weighted by Crippen LogP contribution is -2.71. The first-order chi connectivity index (χ1) is 19.9. The Hall–Kier alpha value is -3.86. The molecular weight excluding hydrogens is 592 g/mol. The number of aromatic nitrogens is 1. The summed E-state index contributed by atoms with van der Waals surface area (Å²) >= 11 is 2.27. The van der Waals surface area contributed by atoms with E-state index < -0.39 is 59.2 Å². The van der Waals surface area contributed by atoms with E-state index in [2.05, 4.69) is 15.5 Å². The van der Waals surface area contributed by atoms with Crippen LogP contribution in [0.2, 0.25) is 0 Å². The minimum Gasteiger partial charge on any atom is -0.445 e. The van der Waals surface area contributed by atoms with E-state index in [1.165, 1.54) is 17.1 Å². The Bertz CT molecular complexity index is 1320. The van der Waals surface area contributed by atoms with Crippen LogP contribution >= 0.6 is 23.1 Å². The van der Waals surface area contributed by atoms with Gasteiger partial charge in [-0.1, -0.05) is 5.16 Å². The van der Waals surface area contributed by atoms with Gasteiger partial charge in [0.05, 0.1) is 5.41 Å². The van der Waals surface area contributed by atoms with E-state index in [0.717, 1.165) is 35.5 Å². The summed E-state index contributed by atoms with van der Waals surface area (Å²) in [6, 6.07) is -1.07. The Morgan fingerprint density at radius 1 is 1.17 bits per heavy atom. The number of oxime groups is 1. The molecule has 4 rings (SSSR count). The van der Waals surface area contributed by atoms with Crippen LogP contribution in [0, 0.1) is 5.41 Å². The number of amides is 3. The summed E-state index contributed by atoms with van der Waals surface area (Å²) in [4.78, 5) is 70.6. The molecule has 2 unspecified atom stereocenters. The van der Waals surface area contributed by atoms with Crippen molar-refractivity contribution in [2.75, 3.05) is 38.0 Å². The molecule has 2 fully saturated rings. The first kappa shape index (κ1) is 31.1. The molecule has 0 aromatic carbocycles. The van der Waals surface area contributed by atoms with Crippen LogP contribution < -0.4 is 11.1 Å². The number of esters is 2. The lowest BCUT2D eigenvalue weighted by Gasteiger charge is -2.49. The molecule has 0 saturated carbocycles. The Morgan fingerprint density at radius 3 is 2.50 bits per heavy atom. The zero-order valence-corrected chi connectivity index (χ0v) is 24.9. The van der Waals surface area contributed by atoms with Gasteiger partial charge in [-0.15, -0.1) is 23.1 Å². The molecule has 0 spiro atoms. The van der Waals surface area contributed by atoms with E-state index >= 15 is 0 Å². The maximum absolute atomic E-state index is 13.3. The summed E-state index contributed by atoms with van der Waals surface area (Å²) in [6.07, 6.45) is 2.24. The fourth-order valence-corrected chi connectivity index (χ4v) is 6.21. The minimum absolute atomic E-state index is 0.0317. The van der Waals surface area contributed by atoms with Gasteiger partial charge in [0, 0.05) is 29.8 Å². The first-order valence-corrected chi connectivity index (χ1v) is 15.0. The van der Waals surface area contributed by atoms with Crippen molar-refractivity contribution in [2.24, 2.45) is 10.6 Å². The Balaban J connectivity index is 1.49. The third-order valence-electron chi connectivity index (χ3n) is 6.58. The van der Waals surface area contributed by atoms with Gasteiger partial charge in [0.15, 0.2) is 10.8 Å². The Labute approximate surface area is 249 Å². The van der Waals surface area contributed by atoms with Crippen LogP contribution in [0.1, 0.15) is 45.7 Å². The molecule has 15 nitrogen and oxygen atoms in total. The highest BCUT2D eigenvalue weighted by molar-refractivity contribution is 8.00. The zero-order valence-electron chi connectivity index (χ0n) is 23.3. The number of likely N-dealkylation sites (tertiary alicyclic amines) is 1. The number of fused-ring (bicyclic) bond motifs is 1. The third-order valence-corrected chi connectivity index (χ3v) is 8.60. The number of rotatable bonds is 8. The number of nitrogens with one attached hydrogen (secondary N) is 1. The fourth-order valence-electron chi connectivity index (χ4n) is 4.34. The predicted octanol–water partition coefficient (Wildman–Crippen LogP) is 1.27. The number of carbonyl (C=O) groups is 5. The van der Waals surface area contributed by atoms with Gasteiger partial charge < -0.3 is 35.4 Å². The maximum Gasteiger partial charge on any atom is 0.410 e. The maximum atomic E-state index is 13.3. The normalized spacial score (nSPS) is 20.8. The van der Waals surface area contributed by atoms with Crippen molar-refractivity contribution in [1.82, 2.24) is 20.1 Å². The van der Waals surface area contributed by atoms with E-state index in [4.69, 9.17) is 19.9 Å². The number of thiazole rings is 1. The van der Waals surface area contributed by atoms with Gasteiger partial charge in [-0.3, -0.25) is 19.3 Å². The molecule has 0 aliphatic carbocycles. The van der Waals surface area contributed by atoms with Crippen LogP contribution in [-0.2, 0) is 33.4 Å². The summed E-state index contributed by atoms with van der Waals surface area (Å²) in [5, 5.41) is 15.8. The second kappa shape index (κ2) is 13.0. The van der Waals surface area contributed by atoms with Gasteiger partial charge in [-0.05, 0) is 40.0 Å². The smallest absolute Gasteiger partial charge is 0.410 e. The van der Waals surface area contributed by atoms with Crippen LogP contribution in [0.5, 0.6) is 0 Å². The quantitative estimate of drug-likeness (QED) is 0.0935. The molecular formula is C25H32N6O9S2. The summed E-state index contributed by atoms with van der Waals surface area (Å²) in [7, 11) is 0. The van der Waals surface area contributed by atoms with Crippen molar-refractivity contribution in [3.05, 3.63) is 22.3 Å². The summed E-state index contributed by atoms with van der Waals surface area (Å²) < 4.78 is 15.7. The third kappa shape index (κ3) is 6.78. The van der Waals surface area contributed by atoms with E-state index in [9.17, 15) is 29.2 Å². The van der Waals surface area contributed by atoms with Gasteiger partial charge in [-0.2, -0.15) is 0 Å². The van der Waals surface area contributed by atoms with Gasteiger partial charge in [0.25, 0.3) is 11.8 Å². The first-order valence-electron chi connectivity index (χ1n) is 13.1.